The van der Waals surface area contributed by atoms with Gasteiger partial charge in [-0.3, -0.25) is 0 Å². The summed E-state index contributed by atoms with van der Waals surface area (Å²) in [5.74, 6) is 0.960. The van der Waals surface area contributed by atoms with Crippen LogP contribution < -0.4 is 14.4 Å². The molecule has 4 rings (SSSR count). The molecule has 2 saturated heterocycles. The first-order valence-corrected chi connectivity index (χ1v) is 13.0. The van der Waals surface area contributed by atoms with E-state index in [4.69, 9.17) is 18.9 Å². The smallest absolute Gasteiger partial charge is 0.416 e. The molecule has 0 bridgehead atoms. The molecule has 1 aromatic rings. The van der Waals surface area contributed by atoms with Gasteiger partial charge in [-0.25, -0.2) is 9.69 Å². The molecule has 3 aliphatic rings. The van der Waals surface area contributed by atoms with E-state index in [2.05, 4.69) is 13.2 Å². The molecule has 1 amide bonds. The van der Waals surface area contributed by atoms with E-state index in [0.29, 0.717) is 46.7 Å². The number of ether oxygens (including phenoxy) is 4. The molecule has 3 aliphatic heterocycles. The lowest BCUT2D eigenvalue weighted by molar-refractivity contribution is 0.0461. The predicted molar refractivity (Wildman–Crippen MR) is 132 cm³/mol. The maximum absolute atomic E-state index is 13.3. The summed E-state index contributed by atoms with van der Waals surface area (Å²) in [6, 6.07) is 3.09. The number of methoxy groups -OCH3 is 2. The van der Waals surface area contributed by atoms with Gasteiger partial charge in [0.15, 0.2) is 17.7 Å². The lowest BCUT2D eigenvalue weighted by Crippen LogP contribution is -2.50. The van der Waals surface area contributed by atoms with Crippen LogP contribution in [-0.4, -0.2) is 79.5 Å². The minimum atomic E-state index is -1.14. The third-order valence-corrected chi connectivity index (χ3v) is 9.18. The van der Waals surface area contributed by atoms with Crippen LogP contribution in [0.15, 0.2) is 30.9 Å². The highest BCUT2D eigenvalue weighted by Gasteiger charge is 2.44. The Bertz CT molecular complexity index is 938. The van der Waals surface area contributed by atoms with Gasteiger partial charge in [0.2, 0.25) is 0 Å². The number of hydrogen-bond acceptors (Lipinski definition) is 9. The van der Waals surface area contributed by atoms with Crippen molar-refractivity contribution in [2.45, 2.75) is 36.1 Å². The minimum Gasteiger partial charge on any atom is -0.493 e. The standard InChI is InChI=1S/C23H30N2O6S2/c1-13-6-19-22(26)25(23(27)31-10-14(2)32-33-16-11-30-12-16)18-8-21(29-5)20(28-4)7-17(18)15(3)24(19)9-13/h7-8,14,16,19,22,26H,1,3,6,9-12H2,2,4-5H3/t14-,19+,22?/m1/s1. The first kappa shape index (κ1) is 24.1. The first-order chi connectivity index (χ1) is 15.8. The maximum atomic E-state index is 13.3. The van der Waals surface area contributed by atoms with Crippen LogP contribution in [0.25, 0.3) is 5.70 Å². The normalized spacial score (nSPS) is 23.4. The number of carbonyl (C=O) groups excluding carboxylic acids is 1. The van der Waals surface area contributed by atoms with Crippen LogP contribution in [0.1, 0.15) is 18.9 Å². The van der Waals surface area contributed by atoms with Crippen molar-refractivity contribution in [1.29, 1.82) is 0 Å². The summed E-state index contributed by atoms with van der Waals surface area (Å²) in [7, 11) is 6.51. The molecule has 0 spiro atoms. The van der Waals surface area contributed by atoms with Crippen molar-refractivity contribution in [3.8, 4) is 11.5 Å². The van der Waals surface area contributed by atoms with Crippen molar-refractivity contribution in [3.05, 3.63) is 36.4 Å². The summed E-state index contributed by atoms with van der Waals surface area (Å²) in [5.41, 5.74) is 2.80. The third-order valence-electron chi connectivity index (χ3n) is 5.92. The fourth-order valence-electron chi connectivity index (χ4n) is 4.09. The number of benzene rings is 1. The average Bonchev–Trinajstić information content (AvgIpc) is 3.14. The number of hydrogen-bond donors (Lipinski definition) is 1. The van der Waals surface area contributed by atoms with Crippen molar-refractivity contribution in [3.63, 3.8) is 0 Å². The molecule has 180 valence electrons. The number of aliphatic hydroxyl groups excluding tert-OH is 1. The van der Waals surface area contributed by atoms with Gasteiger partial charge in [-0.2, -0.15) is 0 Å². The highest BCUT2D eigenvalue weighted by atomic mass is 33.1. The fraction of sp³-hybridized carbons (Fsp3) is 0.522. The van der Waals surface area contributed by atoms with Gasteiger partial charge in [-0.1, -0.05) is 40.3 Å². The molecule has 0 radical (unpaired) electrons. The molecular weight excluding hydrogens is 464 g/mol. The number of rotatable bonds is 7. The van der Waals surface area contributed by atoms with E-state index in [0.717, 1.165) is 18.8 Å². The number of anilines is 1. The Kier molecular flexibility index (Phi) is 7.37. The molecule has 3 heterocycles. The Hall–Kier alpha value is -2.01. The minimum absolute atomic E-state index is 0.0891. The second kappa shape index (κ2) is 10.1. The molecule has 0 aliphatic carbocycles. The van der Waals surface area contributed by atoms with Gasteiger partial charge in [-0.15, -0.1) is 0 Å². The average molecular weight is 495 g/mol. The molecule has 3 atom stereocenters. The van der Waals surface area contributed by atoms with E-state index in [1.807, 2.05) is 11.8 Å². The van der Waals surface area contributed by atoms with Crippen LogP contribution in [0.3, 0.4) is 0 Å². The molecule has 1 N–H and O–H groups in total. The van der Waals surface area contributed by atoms with Crippen molar-refractivity contribution >= 4 is 39.1 Å². The number of nitrogens with zero attached hydrogens (tertiary/aromatic N) is 2. The summed E-state index contributed by atoms with van der Waals surface area (Å²) in [5, 5.41) is 11.9. The zero-order valence-corrected chi connectivity index (χ0v) is 20.7. The summed E-state index contributed by atoms with van der Waals surface area (Å²) < 4.78 is 21.8. The van der Waals surface area contributed by atoms with E-state index in [9.17, 15) is 9.90 Å². The molecule has 1 aromatic carbocycles. The van der Waals surface area contributed by atoms with Crippen LogP contribution >= 0.6 is 21.6 Å². The summed E-state index contributed by atoms with van der Waals surface area (Å²) in [4.78, 5) is 16.6. The Morgan fingerprint density at radius 1 is 1.27 bits per heavy atom. The molecule has 8 nitrogen and oxygen atoms in total. The Balaban J connectivity index is 1.60. The number of aliphatic hydroxyl groups is 1. The van der Waals surface area contributed by atoms with Gasteiger partial charge in [0.25, 0.3) is 0 Å². The number of fused-ring (bicyclic) bond motifs is 2. The van der Waals surface area contributed by atoms with Gasteiger partial charge in [0.1, 0.15) is 6.61 Å². The lowest BCUT2D eigenvalue weighted by Gasteiger charge is -2.32. The Morgan fingerprint density at radius 2 is 1.97 bits per heavy atom. The fourth-order valence-corrected chi connectivity index (χ4v) is 6.41. The molecule has 33 heavy (non-hydrogen) atoms. The highest BCUT2D eigenvalue weighted by Crippen LogP contribution is 2.45. The van der Waals surface area contributed by atoms with Gasteiger partial charge in [-0.05, 0) is 19.4 Å². The maximum Gasteiger partial charge on any atom is 0.416 e. The quantitative estimate of drug-likeness (QED) is 0.450. The topological polar surface area (TPSA) is 80.7 Å². The first-order valence-electron chi connectivity index (χ1n) is 10.8. The van der Waals surface area contributed by atoms with Crippen molar-refractivity contribution in [2.75, 3.05) is 45.5 Å². The number of amides is 1. The second-order valence-electron chi connectivity index (χ2n) is 8.34. The van der Waals surface area contributed by atoms with E-state index in [1.54, 1.807) is 40.8 Å². The van der Waals surface area contributed by atoms with Gasteiger partial charge < -0.3 is 29.0 Å². The van der Waals surface area contributed by atoms with Crippen molar-refractivity contribution in [1.82, 2.24) is 4.90 Å². The van der Waals surface area contributed by atoms with Crippen LogP contribution in [0.4, 0.5) is 10.5 Å². The van der Waals surface area contributed by atoms with Crippen LogP contribution in [0.5, 0.6) is 11.5 Å². The molecule has 0 aromatic heterocycles. The number of carbonyl (C=O) groups is 1. The summed E-state index contributed by atoms with van der Waals surface area (Å²) >= 11 is 0. The molecule has 2 fully saturated rings. The summed E-state index contributed by atoms with van der Waals surface area (Å²) in [6.45, 7) is 12.7. The van der Waals surface area contributed by atoms with Crippen molar-refractivity contribution in [2.24, 2.45) is 0 Å². The molecule has 10 heteroatoms. The zero-order chi connectivity index (χ0) is 23.7. The Labute approximate surface area is 202 Å². The predicted octanol–water partition coefficient (Wildman–Crippen LogP) is 3.75. The van der Waals surface area contributed by atoms with E-state index < -0.39 is 12.3 Å². The largest absolute Gasteiger partial charge is 0.493 e. The second-order valence-corrected chi connectivity index (χ2v) is 11.4. The van der Waals surface area contributed by atoms with Crippen molar-refractivity contribution < 1.29 is 28.8 Å². The summed E-state index contributed by atoms with van der Waals surface area (Å²) in [6.07, 6.45) is -1.21. The van der Waals surface area contributed by atoms with E-state index in [-0.39, 0.29) is 17.9 Å². The van der Waals surface area contributed by atoms with Gasteiger partial charge in [0, 0.05) is 29.1 Å². The van der Waals surface area contributed by atoms with Gasteiger partial charge in [0.05, 0.1) is 44.4 Å². The third kappa shape index (κ3) is 4.80. The van der Waals surface area contributed by atoms with Gasteiger partial charge >= 0.3 is 6.09 Å². The zero-order valence-electron chi connectivity index (χ0n) is 19.1. The molecule has 1 unspecified atom stereocenters. The van der Waals surface area contributed by atoms with Crippen LogP contribution in [0, 0.1) is 0 Å². The molecular formula is C23H30N2O6S2. The molecule has 0 saturated carbocycles. The van der Waals surface area contributed by atoms with E-state index >= 15 is 0 Å². The van der Waals surface area contributed by atoms with Crippen LogP contribution in [-0.2, 0) is 9.47 Å². The van der Waals surface area contributed by atoms with E-state index in [1.165, 1.54) is 12.0 Å². The monoisotopic (exact) mass is 494 g/mol. The lowest BCUT2D eigenvalue weighted by atomic mass is 10.1. The van der Waals surface area contributed by atoms with Crippen LogP contribution in [0.2, 0.25) is 0 Å². The SMILES string of the molecule is C=C1C[C@H]2C(O)N(C(=O)OC[C@@H](C)SSC3COC3)c3cc(OC)c(OC)cc3C(=C)N2C1. The highest BCUT2D eigenvalue weighted by molar-refractivity contribution is 8.77. The Morgan fingerprint density at radius 3 is 2.61 bits per heavy atom.